The second-order valence-corrected chi connectivity index (χ2v) is 5.44. The first-order valence-corrected chi connectivity index (χ1v) is 7.99. The van der Waals surface area contributed by atoms with Crippen molar-refractivity contribution in [3.63, 3.8) is 0 Å². The molecule has 0 aliphatic rings. The van der Waals surface area contributed by atoms with Gasteiger partial charge in [-0.15, -0.1) is 0 Å². The standard InChI is InChI=1S/C19H30/c1-5-9-13-16(6-2)18(7-3)19(8-4)17-14-11-10-12-15-17/h8,10-12,14-16,18H,5-7,9,13H2,1-4H3/b19-8-. The number of hydrogen-bond acceptors (Lipinski definition) is 0. The fraction of sp³-hybridized carbons (Fsp3) is 0.579. The van der Waals surface area contributed by atoms with Crippen LogP contribution in [0.15, 0.2) is 36.4 Å². The van der Waals surface area contributed by atoms with Gasteiger partial charge >= 0.3 is 0 Å². The molecule has 106 valence electrons. The van der Waals surface area contributed by atoms with Crippen molar-refractivity contribution in [2.24, 2.45) is 11.8 Å². The summed E-state index contributed by atoms with van der Waals surface area (Å²) in [5, 5.41) is 0. The molecule has 0 nitrogen and oxygen atoms in total. The van der Waals surface area contributed by atoms with Gasteiger partial charge in [-0.1, -0.05) is 76.4 Å². The van der Waals surface area contributed by atoms with Crippen molar-refractivity contribution in [1.82, 2.24) is 0 Å². The van der Waals surface area contributed by atoms with Crippen LogP contribution in [0.4, 0.5) is 0 Å². The molecule has 1 rings (SSSR count). The first kappa shape index (κ1) is 16.0. The molecule has 0 bridgehead atoms. The van der Waals surface area contributed by atoms with Gasteiger partial charge in [-0.2, -0.15) is 0 Å². The minimum atomic E-state index is 0.712. The highest BCUT2D eigenvalue weighted by Crippen LogP contribution is 2.36. The van der Waals surface area contributed by atoms with Gasteiger partial charge in [0.1, 0.15) is 0 Å². The van der Waals surface area contributed by atoms with Crippen LogP contribution in [0.25, 0.3) is 5.57 Å². The minimum Gasteiger partial charge on any atom is -0.0836 e. The highest BCUT2D eigenvalue weighted by atomic mass is 14.3. The van der Waals surface area contributed by atoms with Crippen LogP contribution in [-0.2, 0) is 0 Å². The van der Waals surface area contributed by atoms with E-state index in [4.69, 9.17) is 0 Å². The third kappa shape index (κ3) is 4.53. The van der Waals surface area contributed by atoms with E-state index in [1.165, 1.54) is 37.7 Å². The summed E-state index contributed by atoms with van der Waals surface area (Å²) >= 11 is 0. The molecule has 0 amide bonds. The molecule has 0 aliphatic carbocycles. The molecule has 2 atom stereocenters. The first-order valence-electron chi connectivity index (χ1n) is 7.99. The van der Waals surface area contributed by atoms with Crippen molar-refractivity contribution in [3.8, 4) is 0 Å². The highest BCUT2D eigenvalue weighted by Gasteiger charge is 2.22. The molecule has 0 N–H and O–H groups in total. The largest absolute Gasteiger partial charge is 0.0836 e. The molecule has 0 saturated carbocycles. The third-order valence-corrected chi connectivity index (χ3v) is 4.28. The van der Waals surface area contributed by atoms with Crippen LogP contribution in [-0.4, -0.2) is 0 Å². The number of hydrogen-bond donors (Lipinski definition) is 0. The van der Waals surface area contributed by atoms with Gasteiger partial charge < -0.3 is 0 Å². The van der Waals surface area contributed by atoms with Crippen LogP contribution in [0.2, 0.25) is 0 Å². The Morgan fingerprint density at radius 1 is 1.05 bits per heavy atom. The van der Waals surface area contributed by atoms with Gasteiger partial charge in [0, 0.05) is 0 Å². The van der Waals surface area contributed by atoms with Crippen LogP contribution < -0.4 is 0 Å². The zero-order valence-corrected chi connectivity index (χ0v) is 13.2. The summed E-state index contributed by atoms with van der Waals surface area (Å²) in [5.74, 6) is 1.54. The van der Waals surface area contributed by atoms with Crippen molar-refractivity contribution in [3.05, 3.63) is 42.0 Å². The van der Waals surface area contributed by atoms with Crippen LogP contribution >= 0.6 is 0 Å². The van der Waals surface area contributed by atoms with Crippen LogP contribution in [0.1, 0.15) is 65.4 Å². The highest BCUT2D eigenvalue weighted by molar-refractivity contribution is 5.67. The second kappa shape index (κ2) is 8.96. The number of allylic oxidation sites excluding steroid dienone is 2. The molecule has 1 aromatic carbocycles. The zero-order valence-electron chi connectivity index (χ0n) is 13.2. The summed E-state index contributed by atoms with van der Waals surface area (Å²) in [6, 6.07) is 10.9. The number of unbranched alkanes of at least 4 members (excludes halogenated alkanes) is 1. The van der Waals surface area contributed by atoms with Crippen LogP contribution in [0, 0.1) is 11.8 Å². The molecule has 0 aliphatic heterocycles. The van der Waals surface area contributed by atoms with E-state index >= 15 is 0 Å². The van der Waals surface area contributed by atoms with Gasteiger partial charge in [-0.25, -0.2) is 0 Å². The second-order valence-electron chi connectivity index (χ2n) is 5.44. The average molecular weight is 258 g/mol. The van der Waals surface area contributed by atoms with E-state index in [-0.39, 0.29) is 0 Å². The number of rotatable bonds is 8. The lowest BCUT2D eigenvalue weighted by molar-refractivity contribution is 0.349. The lowest BCUT2D eigenvalue weighted by Crippen LogP contribution is -2.15. The average Bonchev–Trinajstić information content (AvgIpc) is 2.47. The van der Waals surface area contributed by atoms with Crippen molar-refractivity contribution in [2.45, 2.75) is 59.8 Å². The lowest BCUT2D eigenvalue weighted by atomic mass is 9.77. The molecule has 0 spiro atoms. The molecular formula is C19H30. The Kier molecular flexibility index (Phi) is 7.55. The predicted molar refractivity (Wildman–Crippen MR) is 87.2 cm³/mol. The van der Waals surface area contributed by atoms with Crippen molar-refractivity contribution >= 4 is 5.57 Å². The Bertz CT molecular complexity index is 361. The monoisotopic (exact) mass is 258 g/mol. The topological polar surface area (TPSA) is 0 Å². The summed E-state index contributed by atoms with van der Waals surface area (Å²) in [4.78, 5) is 0. The van der Waals surface area contributed by atoms with E-state index in [1.807, 2.05) is 0 Å². The molecule has 0 radical (unpaired) electrons. The van der Waals surface area contributed by atoms with Crippen molar-refractivity contribution < 1.29 is 0 Å². The molecule has 1 aromatic rings. The van der Waals surface area contributed by atoms with E-state index < -0.39 is 0 Å². The van der Waals surface area contributed by atoms with Crippen molar-refractivity contribution in [1.29, 1.82) is 0 Å². The fourth-order valence-corrected chi connectivity index (χ4v) is 3.19. The van der Waals surface area contributed by atoms with E-state index in [1.54, 1.807) is 5.57 Å². The molecule has 0 fully saturated rings. The van der Waals surface area contributed by atoms with E-state index in [0.717, 1.165) is 5.92 Å². The lowest BCUT2D eigenvalue weighted by Gasteiger charge is -2.28. The SMILES string of the molecule is C/C=C(/c1ccccc1)C(CC)C(CC)CCCC. The Morgan fingerprint density at radius 3 is 2.21 bits per heavy atom. The van der Waals surface area contributed by atoms with Gasteiger partial charge in [0.2, 0.25) is 0 Å². The molecule has 0 heterocycles. The Balaban J connectivity index is 2.92. The fourth-order valence-electron chi connectivity index (χ4n) is 3.19. The van der Waals surface area contributed by atoms with Crippen molar-refractivity contribution in [2.75, 3.05) is 0 Å². The Labute approximate surface area is 119 Å². The van der Waals surface area contributed by atoms with E-state index in [2.05, 4.69) is 64.1 Å². The zero-order chi connectivity index (χ0) is 14.1. The van der Waals surface area contributed by atoms with Gasteiger partial charge in [0.25, 0.3) is 0 Å². The number of benzene rings is 1. The van der Waals surface area contributed by atoms with E-state index in [0.29, 0.717) is 5.92 Å². The van der Waals surface area contributed by atoms with Gasteiger partial charge in [-0.3, -0.25) is 0 Å². The Hall–Kier alpha value is -1.04. The maximum absolute atomic E-state index is 2.35. The maximum Gasteiger partial charge on any atom is -0.0134 e. The summed E-state index contributed by atoms with van der Waals surface area (Å²) < 4.78 is 0. The smallest absolute Gasteiger partial charge is 0.0134 e. The molecule has 2 unspecified atom stereocenters. The van der Waals surface area contributed by atoms with E-state index in [9.17, 15) is 0 Å². The maximum atomic E-state index is 2.35. The summed E-state index contributed by atoms with van der Waals surface area (Å²) in [6.07, 6.45) is 8.91. The summed E-state index contributed by atoms with van der Waals surface area (Å²) in [6.45, 7) is 9.17. The third-order valence-electron chi connectivity index (χ3n) is 4.28. The van der Waals surface area contributed by atoms with Gasteiger partial charge in [0.05, 0.1) is 0 Å². The molecular weight excluding hydrogens is 228 g/mol. The quantitative estimate of drug-likeness (QED) is 0.511. The normalized spacial score (nSPS) is 15.3. The Morgan fingerprint density at radius 2 is 1.74 bits per heavy atom. The molecule has 0 heteroatoms. The van der Waals surface area contributed by atoms with Gasteiger partial charge in [0.15, 0.2) is 0 Å². The minimum absolute atomic E-state index is 0.712. The van der Waals surface area contributed by atoms with Crippen LogP contribution in [0.3, 0.4) is 0 Å². The van der Waals surface area contributed by atoms with Crippen LogP contribution in [0.5, 0.6) is 0 Å². The first-order chi connectivity index (χ1) is 9.28. The molecule has 19 heavy (non-hydrogen) atoms. The summed E-state index contributed by atoms with van der Waals surface area (Å²) in [7, 11) is 0. The van der Waals surface area contributed by atoms with Gasteiger partial charge in [-0.05, 0) is 42.7 Å². The molecule has 0 saturated heterocycles. The molecule has 0 aromatic heterocycles. The summed E-state index contributed by atoms with van der Waals surface area (Å²) in [5.41, 5.74) is 2.96. The predicted octanol–water partition coefficient (Wildman–Crippen LogP) is 6.33.